The first-order valence-corrected chi connectivity index (χ1v) is 13.7. The first kappa shape index (κ1) is 22.6. The molecule has 0 saturated carbocycles. The largest absolute Gasteiger partial charge is 0.348 e. The van der Waals surface area contributed by atoms with E-state index in [4.69, 9.17) is 11.6 Å². The van der Waals surface area contributed by atoms with Crippen molar-refractivity contribution in [3.05, 3.63) is 87.3 Å². The van der Waals surface area contributed by atoms with Crippen molar-refractivity contribution in [3.8, 4) is 0 Å². The van der Waals surface area contributed by atoms with Crippen molar-refractivity contribution < 1.29 is 13.2 Å². The number of sulfonamides is 1. The number of nitrogens with one attached hydrogen (secondary N) is 1. The molecule has 5 rings (SSSR count). The predicted octanol–water partition coefficient (Wildman–Crippen LogP) is 4.79. The molecule has 1 unspecified atom stereocenters. The lowest BCUT2D eigenvalue weighted by Crippen LogP contribution is -2.54. The molecule has 8 heteroatoms. The fourth-order valence-electron chi connectivity index (χ4n) is 5.37. The molecule has 0 radical (unpaired) electrons. The zero-order valence-electron chi connectivity index (χ0n) is 18.3. The molecule has 1 aromatic heterocycles. The van der Waals surface area contributed by atoms with Crippen molar-refractivity contribution in [3.63, 3.8) is 0 Å². The van der Waals surface area contributed by atoms with Crippen LogP contribution in [0, 0.1) is 6.92 Å². The molecule has 1 saturated heterocycles. The Morgan fingerprint density at radius 2 is 1.88 bits per heavy atom. The summed E-state index contributed by atoms with van der Waals surface area (Å²) in [6.45, 7) is 2.75. The zero-order valence-corrected chi connectivity index (χ0v) is 20.6. The Labute approximate surface area is 203 Å². The number of carbonyl (C=O) groups is 1. The molecule has 1 aliphatic carbocycles. The van der Waals surface area contributed by atoms with Crippen LogP contribution in [-0.2, 0) is 21.9 Å². The van der Waals surface area contributed by atoms with Gasteiger partial charge in [0, 0.05) is 35.1 Å². The van der Waals surface area contributed by atoms with E-state index >= 15 is 0 Å². The minimum Gasteiger partial charge on any atom is -0.348 e. The van der Waals surface area contributed by atoms with Crippen LogP contribution in [0.4, 0.5) is 0 Å². The number of nitrogens with zero attached hydrogens (tertiary/aromatic N) is 1. The predicted molar refractivity (Wildman–Crippen MR) is 132 cm³/mol. The Hall–Kier alpha value is -2.19. The van der Waals surface area contributed by atoms with Gasteiger partial charge in [-0.2, -0.15) is 4.31 Å². The van der Waals surface area contributed by atoms with E-state index in [2.05, 4.69) is 17.4 Å². The summed E-state index contributed by atoms with van der Waals surface area (Å²) in [5.74, 6) is -0.116. The van der Waals surface area contributed by atoms with Crippen LogP contribution in [0.3, 0.4) is 0 Å². The molecule has 0 bridgehead atoms. The molecule has 2 heterocycles. The summed E-state index contributed by atoms with van der Waals surface area (Å²) in [4.78, 5) is 13.2. The molecule has 1 spiro atoms. The lowest BCUT2D eigenvalue weighted by atomic mass is 9.71. The van der Waals surface area contributed by atoms with E-state index in [0.717, 1.165) is 12.0 Å². The van der Waals surface area contributed by atoms with Crippen molar-refractivity contribution in [2.24, 2.45) is 0 Å². The van der Waals surface area contributed by atoms with Gasteiger partial charge in [-0.1, -0.05) is 41.9 Å². The second kappa shape index (κ2) is 8.55. The Morgan fingerprint density at radius 3 is 2.58 bits per heavy atom. The average Bonchev–Trinajstić information content (AvgIpc) is 3.43. The van der Waals surface area contributed by atoms with Crippen molar-refractivity contribution in [2.75, 3.05) is 13.1 Å². The summed E-state index contributed by atoms with van der Waals surface area (Å²) in [5.41, 5.74) is 3.62. The molecular formula is C25H25ClN2O3S2. The van der Waals surface area contributed by atoms with Gasteiger partial charge >= 0.3 is 0 Å². The summed E-state index contributed by atoms with van der Waals surface area (Å²) in [5, 5.41) is 5.69. The summed E-state index contributed by atoms with van der Waals surface area (Å²) in [6, 6.07) is 16.9. The Bertz CT molecular complexity index is 1300. The molecule has 2 aliphatic rings. The van der Waals surface area contributed by atoms with Gasteiger partial charge in [-0.05, 0) is 72.5 Å². The molecule has 2 aromatic carbocycles. The molecule has 33 heavy (non-hydrogen) atoms. The molecule has 1 amide bonds. The lowest BCUT2D eigenvalue weighted by Gasteiger charge is -2.43. The molecule has 5 nitrogen and oxygen atoms in total. The Kier molecular flexibility index (Phi) is 5.85. The van der Waals surface area contributed by atoms with Gasteiger partial charge in [0.2, 0.25) is 0 Å². The molecule has 1 fully saturated rings. The number of carbonyl (C=O) groups excluding carboxylic acids is 1. The number of hydrogen-bond acceptors (Lipinski definition) is 4. The number of fused-ring (bicyclic) bond motifs is 2. The van der Waals surface area contributed by atoms with Crippen LogP contribution in [0.1, 0.15) is 39.9 Å². The highest BCUT2D eigenvalue weighted by Crippen LogP contribution is 2.47. The minimum absolute atomic E-state index is 0.0935. The number of thiophene rings is 1. The quantitative estimate of drug-likeness (QED) is 0.560. The van der Waals surface area contributed by atoms with Crippen LogP contribution in [0.25, 0.3) is 0 Å². The Morgan fingerprint density at radius 1 is 1.12 bits per heavy atom. The average molecular weight is 501 g/mol. The van der Waals surface area contributed by atoms with Crippen molar-refractivity contribution >= 4 is 38.9 Å². The van der Waals surface area contributed by atoms with Crippen LogP contribution in [0.15, 0.2) is 64.2 Å². The maximum Gasteiger partial charge on any atom is 0.252 e. The molecule has 3 aromatic rings. The highest BCUT2D eigenvalue weighted by atomic mass is 35.5. The number of piperidine rings is 1. The van der Waals surface area contributed by atoms with Gasteiger partial charge in [0.25, 0.3) is 15.9 Å². The normalized spacial score (nSPS) is 20.0. The summed E-state index contributed by atoms with van der Waals surface area (Å²) in [6.07, 6.45) is 2.07. The maximum absolute atomic E-state index is 13.2. The van der Waals surface area contributed by atoms with Crippen molar-refractivity contribution in [2.45, 2.75) is 41.9 Å². The third kappa shape index (κ3) is 3.91. The fraction of sp³-hybridized carbons (Fsp3) is 0.320. The summed E-state index contributed by atoms with van der Waals surface area (Å²) >= 11 is 7.32. The highest BCUT2D eigenvalue weighted by molar-refractivity contribution is 7.91. The van der Waals surface area contributed by atoms with Gasteiger partial charge in [-0.25, -0.2) is 8.42 Å². The monoisotopic (exact) mass is 500 g/mol. The number of hydrogen-bond donors (Lipinski definition) is 1. The van der Waals surface area contributed by atoms with E-state index in [0.29, 0.717) is 40.7 Å². The third-order valence-corrected chi connectivity index (χ3v) is 10.6. The SMILES string of the molecule is Cc1cc(Cl)ccc1C(=O)NC1Cc2ccccc2C12CCN(S(=O)(=O)c1cccs1)CC2. The second-order valence-electron chi connectivity index (χ2n) is 8.84. The Balaban J connectivity index is 1.42. The van der Waals surface area contributed by atoms with E-state index < -0.39 is 10.0 Å². The number of halogens is 1. The minimum atomic E-state index is -3.48. The second-order valence-corrected chi connectivity index (χ2v) is 12.4. The molecule has 1 atom stereocenters. The number of amides is 1. The topological polar surface area (TPSA) is 66.5 Å². The van der Waals surface area contributed by atoms with Crippen LogP contribution >= 0.6 is 22.9 Å². The van der Waals surface area contributed by atoms with Gasteiger partial charge in [0.1, 0.15) is 4.21 Å². The number of benzene rings is 2. The summed E-state index contributed by atoms with van der Waals surface area (Å²) < 4.78 is 28.1. The van der Waals surface area contributed by atoms with Crippen LogP contribution in [-0.4, -0.2) is 37.8 Å². The van der Waals surface area contributed by atoms with Crippen LogP contribution < -0.4 is 5.32 Å². The number of rotatable bonds is 4. The molecule has 172 valence electrons. The van der Waals surface area contributed by atoms with E-state index in [1.165, 1.54) is 22.5 Å². The first-order chi connectivity index (χ1) is 15.8. The van der Waals surface area contributed by atoms with E-state index in [9.17, 15) is 13.2 Å². The standard InChI is InChI=1S/C25H25ClN2O3S2/c1-17-15-19(26)8-9-20(17)24(29)27-22-16-18-5-2-3-6-21(18)25(22)10-12-28(13-11-25)33(30,31)23-7-4-14-32-23/h2-9,14-15,22H,10-13,16H2,1H3,(H,27,29). The van der Waals surface area contributed by atoms with Crippen LogP contribution in [0.2, 0.25) is 5.02 Å². The van der Waals surface area contributed by atoms with Gasteiger partial charge < -0.3 is 5.32 Å². The van der Waals surface area contributed by atoms with E-state index in [1.54, 1.807) is 40.0 Å². The molecule has 1 N–H and O–H groups in total. The fourth-order valence-corrected chi connectivity index (χ4v) is 8.19. The highest BCUT2D eigenvalue weighted by Gasteiger charge is 2.50. The van der Waals surface area contributed by atoms with E-state index in [1.807, 2.05) is 19.1 Å². The third-order valence-electron chi connectivity index (χ3n) is 7.09. The summed E-state index contributed by atoms with van der Waals surface area (Å²) in [7, 11) is -3.48. The van der Waals surface area contributed by atoms with Gasteiger partial charge in [0.15, 0.2) is 0 Å². The lowest BCUT2D eigenvalue weighted by molar-refractivity contribution is 0.0896. The van der Waals surface area contributed by atoms with Gasteiger partial charge in [-0.3, -0.25) is 4.79 Å². The van der Waals surface area contributed by atoms with Crippen molar-refractivity contribution in [1.82, 2.24) is 9.62 Å². The zero-order chi connectivity index (χ0) is 23.2. The smallest absolute Gasteiger partial charge is 0.252 e. The first-order valence-electron chi connectivity index (χ1n) is 11.0. The van der Waals surface area contributed by atoms with Crippen LogP contribution in [0.5, 0.6) is 0 Å². The van der Waals surface area contributed by atoms with Gasteiger partial charge in [-0.15, -0.1) is 11.3 Å². The maximum atomic E-state index is 13.2. The number of aryl methyl sites for hydroxylation is 1. The van der Waals surface area contributed by atoms with Crippen molar-refractivity contribution in [1.29, 1.82) is 0 Å². The van der Waals surface area contributed by atoms with E-state index in [-0.39, 0.29) is 17.4 Å². The van der Waals surface area contributed by atoms with Gasteiger partial charge in [0.05, 0.1) is 0 Å². The molecule has 1 aliphatic heterocycles. The molecular weight excluding hydrogens is 476 g/mol.